The van der Waals surface area contributed by atoms with Crippen molar-refractivity contribution in [1.82, 2.24) is 0 Å². The minimum atomic E-state index is -0.803. The fourth-order valence-electron chi connectivity index (χ4n) is 4.32. The molecule has 98 valence electrons. The molecule has 0 radical (unpaired) electrons. The SMILES string of the molecule is CC(C[C@]1(O)C[C@H]2CC[C@]1(C)C2(C)C)C(=O)O. The van der Waals surface area contributed by atoms with Crippen molar-refractivity contribution >= 4 is 5.97 Å². The van der Waals surface area contributed by atoms with Crippen LogP contribution in [0.4, 0.5) is 0 Å². The Morgan fingerprint density at radius 2 is 2.00 bits per heavy atom. The van der Waals surface area contributed by atoms with Gasteiger partial charge in [0.2, 0.25) is 0 Å². The third-order valence-corrected chi connectivity index (χ3v) is 6.11. The molecule has 0 saturated heterocycles. The van der Waals surface area contributed by atoms with Crippen LogP contribution in [0, 0.1) is 22.7 Å². The standard InChI is InChI=1S/C14H24O3/c1-9(11(15)16)7-14(17)8-10-5-6-13(14,4)12(10,2)3/h9-10,17H,5-8H2,1-4H3,(H,15,16)/t9?,10-,13-,14+/m1/s1. The van der Waals surface area contributed by atoms with E-state index in [9.17, 15) is 9.90 Å². The van der Waals surface area contributed by atoms with Crippen molar-refractivity contribution in [2.45, 2.75) is 59.0 Å². The van der Waals surface area contributed by atoms with Gasteiger partial charge in [-0.3, -0.25) is 4.79 Å². The van der Waals surface area contributed by atoms with Gasteiger partial charge in [0, 0.05) is 5.41 Å². The molecule has 0 amide bonds. The molecule has 2 N–H and O–H groups in total. The van der Waals surface area contributed by atoms with Crippen LogP contribution in [0.25, 0.3) is 0 Å². The van der Waals surface area contributed by atoms with E-state index < -0.39 is 17.5 Å². The number of carboxylic acids is 1. The predicted molar refractivity (Wildman–Crippen MR) is 65.6 cm³/mol. The van der Waals surface area contributed by atoms with E-state index in [1.165, 1.54) is 6.42 Å². The number of aliphatic carboxylic acids is 1. The van der Waals surface area contributed by atoms with Gasteiger partial charge >= 0.3 is 5.97 Å². The zero-order valence-electron chi connectivity index (χ0n) is 11.3. The molecule has 17 heavy (non-hydrogen) atoms. The number of carboxylic acid groups (broad SMARTS) is 1. The molecule has 4 atom stereocenters. The van der Waals surface area contributed by atoms with E-state index in [1.54, 1.807) is 6.92 Å². The van der Waals surface area contributed by atoms with Crippen LogP contribution in [-0.2, 0) is 4.79 Å². The molecule has 2 bridgehead atoms. The summed E-state index contributed by atoms with van der Waals surface area (Å²) in [6, 6.07) is 0. The summed E-state index contributed by atoms with van der Waals surface area (Å²) < 4.78 is 0. The van der Waals surface area contributed by atoms with Crippen LogP contribution in [-0.4, -0.2) is 21.8 Å². The van der Waals surface area contributed by atoms with Crippen molar-refractivity contribution in [2.75, 3.05) is 0 Å². The van der Waals surface area contributed by atoms with Crippen LogP contribution < -0.4 is 0 Å². The first-order chi connectivity index (χ1) is 7.64. The molecule has 0 aromatic rings. The second kappa shape index (κ2) is 3.47. The first kappa shape index (κ1) is 12.9. The molecule has 0 spiro atoms. The molecule has 0 aromatic carbocycles. The molecule has 2 saturated carbocycles. The van der Waals surface area contributed by atoms with Gasteiger partial charge in [-0.15, -0.1) is 0 Å². The third kappa shape index (κ3) is 1.48. The molecule has 1 unspecified atom stereocenters. The summed E-state index contributed by atoms with van der Waals surface area (Å²) in [4.78, 5) is 11.0. The van der Waals surface area contributed by atoms with Crippen LogP contribution in [0.2, 0.25) is 0 Å². The zero-order valence-corrected chi connectivity index (χ0v) is 11.3. The third-order valence-electron chi connectivity index (χ3n) is 6.11. The van der Waals surface area contributed by atoms with Gasteiger partial charge in [-0.1, -0.05) is 27.7 Å². The monoisotopic (exact) mass is 240 g/mol. The zero-order chi connectivity index (χ0) is 13.1. The molecule has 3 nitrogen and oxygen atoms in total. The molecular weight excluding hydrogens is 216 g/mol. The number of hydrogen-bond acceptors (Lipinski definition) is 2. The Morgan fingerprint density at radius 1 is 1.41 bits per heavy atom. The Kier molecular flexibility index (Phi) is 2.63. The Labute approximate surface area is 103 Å². The van der Waals surface area contributed by atoms with Gasteiger partial charge in [0.15, 0.2) is 0 Å². The van der Waals surface area contributed by atoms with Crippen molar-refractivity contribution in [3.05, 3.63) is 0 Å². The summed E-state index contributed by atoms with van der Waals surface area (Å²) in [5, 5.41) is 20.0. The maximum Gasteiger partial charge on any atom is 0.306 e. The first-order valence-corrected chi connectivity index (χ1v) is 6.59. The lowest BCUT2D eigenvalue weighted by atomic mass is 9.62. The lowest BCUT2D eigenvalue weighted by Gasteiger charge is -2.46. The molecule has 2 aliphatic rings. The highest BCUT2D eigenvalue weighted by atomic mass is 16.4. The van der Waals surface area contributed by atoms with Crippen LogP contribution in [0.15, 0.2) is 0 Å². The molecular formula is C14H24O3. The number of fused-ring (bicyclic) bond motifs is 2. The molecule has 0 heterocycles. The van der Waals surface area contributed by atoms with Crippen molar-refractivity contribution < 1.29 is 15.0 Å². The lowest BCUT2D eigenvalue weighted by Crippen LogP contribution is -2.48. The van der Waals surface area contributed by atoms with E-state index in [1.807, 2.05) is 0 Å². The maximum absolute atomic E-state index is 11.0. The minimum Gasteiger partial charge on any atom is -0.481 e. The summed E-state index contributed by atoms with van der Waals surface area (Å²) in [6.07, 6.45) is 3.35. The predicted octanol–water partition coefficient (Wildman–Crippen LogP) is 2.67. The van der Waals surface area contributed by atoms with Crippen LogP contribution >= 0.6 is 0 Å². The molecule has 2 aliphatic carbocycles. The van der Waals surface area contributed by atoms with Crippen LogP contribution in [0.5, 0.6) is 0 Å². The number of carbonyl (C=O) groups is 1. The number of hydrogen-bond donors (Lipinski definition) is 2. The summed E-state index contributed by atoms with van der Waals surface area (Å²) in [5.41, 5.74) is -0.800. The van der Waals surface area contributed by atoms with E-state index in [2.05, 4.69) is 20.8 Å². The van der Waals surface area contributed by atoms with Gasteiger partial charge in [-0.2, -0.15) is 0 Å². The molecule has 0 aliphatic heterocycles. The molecule has 2 rings (SSSR count). The Bertz CT molecular complexity index is 349. The van der Waals surface area contributed by atoms with Gasteiger partial charge in [-0.25, -0.2) is 0 Å². The Balaban J connectivity index is 2.26. The van der Waals surface area contributed by atoms with Gasteiger partial charge in [0.05, 0.1) is 11.5 Å². The summed E-state index contributed by atoms with van der Waals surface area (Å²) in [7, 11) is 0. The fraction of sp³-hybridized carbons (Fsp3) is 0.929. The van der Waals surface area contributed by atoms with Crippen molar-refractivity contribution in [1.29, 1.82) is 0 Å². The normalized spacial score (nSPS) is 44.9. The lowest BCUT2D eigenvalue weighted by molar-refractivity contribution is -0.148. The average Bonchev–Trinajstić information content (AvgIpc) is 2.49. The summed E-state index contributed by atoms with van der Waals surface area (Å²) in [6.45, 7) is 8.30. The quantitative estimate of drug-likeness (QED) is 0.797. The first-order valence-electron chi connectivity index (χ1n) is 6.59. The molecule has 2 fully saturated rings. The number of rotatable bonds is 3. The van der Waals surface area contributed by atoms with E-state index in [0.29, 0.717) is 12.3 Å². The van der Waals surface area contributed by atoms with Crippen molar-refractivity contribution in [3.63, 3.8) is 0 Å². The highest BCUT2D eigenvalue weighted by molar-refractivity contribution is 5.69. The summed E-state index contributed by atoms with van der Waals surface area (Å²) >= 11 is 0. The second-order valence-electron chi connectivity index (χ2n) is 6.97. The number of aliphatic hydroxyl groups is 1. The van der Waals surface area contributed by atoms with Crippen LogP contribution in [0.3, 0.4) is 0 Å². The average molecular weight is 240 g/mol. The highest BCUT2D eigenvalue weighted by Gasteiger charge is 2.68. The smallest absolute Gasteiger partial charge is 0.306 e. The van der Waals surface area contributed by atoms with Gasteiger partial charge in [0.25, 0.3) is 0 Å². The van der Waals surface area contributed by atoms with Gasteiger partial charge in [-0.05, 0) is 37.0 Å². The Hall–Kier alpha value is -0.570. The van der Waals surface area contributed by atoms with Gasteiger partial charge < -0.3 is 10.2 Å². The molecule has 0 aromatic heterocycles. The van der Waals surface area contributed by atoms with E-state index in [4.69, 9.17) is 5.11 Å². The van der Waals surface area contributed by atoms with E-state index in [0.717, 1.165) is 12.8 Å². The van der Waals surface area contributed by atoms with Gasteiger partial charge in [0.1, 0.15) is 0 Å². The van der Waals surface area contributed by atoms with Crippen LogP contribution in [0.1, 0.15) is 53.4 Å². The fourth-order valence-corrected chi connectivity index (χ4v) is 4.32. The Morgan fingerprint density at radius 3 is 2.35 bits per heavy atom. The maximum atomic E-state index is 11.0. The topological polar surface area (TPSA) is 57.5 Å². The van der Waals surface area contributed by atoms with Crippen molar-refractivity contribution in [2.24, 2.45) is 22.7 Å². The largest absolute Gasteiger partial charge is 0.481 e. The van der Waals surface area contributed by atoms with E-state index >= 15 is 0 Å². The van der Waals surface area contributed by atoms with Crippen molar-refractivity contribution in [3.8, 4) is 0 Å². The minimum absolute atomic E-state index is 0.125. The highest BCUT2D eigenvalue weighted by Crippen LogP contribution is 2.70. The second-order valence-corrected chi connectivity index (χ2v) is 6.97. The summed E-state index contributed by atoms with van der Waals surface area (Å²) in [5.74, 6) is -0.729. The van der Waals surface area contributed by atoms with E-state index in [-0.39, 0.29) is 10.8 Å². The molecule has 3 heteroatoms.